The highest BCUT2D eigenvalue weighted by Gasteiger charge is 2.23. The van der Waals surface area contributed by atoms with Gasteiger partial charge < -0.3 is 10.1 Å². The monoisotopic (exact) mass is 393 g/mol. The lowest BCUT2D eigenvalue weighted by atomic mass is 10.2. The molecule has 1 aromatic heterocycles. The number of amides is 2. The number of nitrogens with one attached hydrogen (secondary N) is 1. The van der Waals surface area contributed by atoms with Crippen LogP contribution >= 0.6 is 11.3 Å². The van der Waals surface area contributed by atoms with E-state index in [9.17, 15) is 9.59 Å². The van der Waals surface area contributed by atoms with Crippen LogP contribution < -0.4 is 10.2 Å². The van der Waals surface area contributed by atoms with Gasteiger partial charge in [-0.25, -0.2) is 9.78 Å². The number of carbonyl (C=O) groups is 2. The quantitative estimate of drug-likeness (QED) is 0.690. The average molecular weight is 393 g/mol. The Morgan fingerprint density at radius 3 is 2.82 bits per heavy atom. The zero-order valence-corrected chi connectivity index (χ0v) is 15.9. The lowest BCUT2D eigenvalue weighted by Gasteiger charge is -2.14. The molecule has 142 valence electrons. The summed E-state index contributed by atoms with van der Waals surface area (Å²) in [6.45, 7) is 0.893. The van der Waals surface area contributed by atoms with Crippen LogP contribution in [0, 0.1) is 0 Å². The van der Waals surface area contributed by atoms with Crippen molar-refractivity contribution in [3.63, 3.8) is 0 Å². The van der Waals surface area contributed by atoms with Crippen molar-refractivity contribution in [1.82, 2.24) is 4.98 Å². The fraction of sp³-hybridized carbons (Fsp3) is 0.190. The first-order valence-electron chi connectivity index (χ1n) is 8.99. The normalized spacial score (nSPS) is 13.4. The Balaban J connectivity index is 1.36. The van der Waals surface area contributed by atoms with Crippen LogP contribution in [0.5, 0.6) is 0 Å². The molecule has 1 aliphatic rings. The van der Waals surface area contributed by atoms with Gasteiger partial charge in [-0.1, -0.05) is 36.4 Å². The van der Waals surface area contributed by atoms with Crippen molar-refractivity contribution >= 4 is 34.7 Å². The number of aromatic nitrogens is 1. The van der Waals surface area contributed by atoms with E-state index in [1.165, 1.54) is 5.56 Å². The van der Waals surface area contributed by atoms with Crippen molar-refractivity contribution in [2.75, 3.05) is 23.4 Å². The molecule has 4 rings (SSSR count). The Labute approximate surface area is 166 Å². The van der Waals surface area contributed by atoms with E-state index in [2.05, 4.69) is 22.4 Å². The van der Waals surface area contributed by atoms with Gasteiger partial charge in [0.1, 0.15) is 6.61 Å². The second-order valence-corrected chi connectivity index (χ2v) is 7.38. The van der Waals surface area contributed by atoms with Gasteiger partial charge in [0.15, 0.2) is 0 Å². The molecule has 1 aliphatic heterocycles. The Hall–Kier alpha value is -3.19. The molecule has 0 atom stereocenters. The number of rotatable bonds is 6. The summed E-state index contributed by atoms with van der Waals surface area (Å²) in [5, 5.41) is 5.79. The fourth-order valence-corrected chi connectivity index (χ4v) is 3.86. The molecule has 28 heavy (non-hydrogen) atoms. The predicted octanol–water partition coefficient (Wildman–Crippen LogP) is 3.87. The van der Waals surface area contributed by atoms with E-state index >= 15 is 0 Å². The van der Waals surface area contributed by atoms with E-state index in [4.69, 9.17) is 4.74 Å². The highest BCUT2D eigenvalue weighted by molar-refractivity contribution is 7.09. The Morgan fingerprint density at radius 1 is 1.18 bits per heavy atom. The lowest BCUT2D eigenvalue weighted by molar-refractivity contribution is -0.115. The number of ether oxygens (including phenoxy) is 1. The maximum absolute atomic E-state index is 12.4. The van der Waals surface area contributed by atoms with Gasteiger partial charge in [-0.2, -0.15) is 0 Å². The van der Waals surface area contributed by atoms with Gasteiger partial charge in [-0.3, -0.25) is 9.69 Å². The lowest BCUT2D eigenvalue weighted by Crippen LogP contribution is -2.23. The zero-order valence-electron chi connectivity index (χ0n) is 15.1. The second kappa shape index (κ2) is 8.22. The molecule has 2 aromatic carbocycles. The SMILES string of the molecule is O=C(Cc1csc(Cc2ccccc2)n1)Nc1cccc(N2CCOC2=O)c1. The third kappa shape index (κ3) is 4.37. The van der Waals surface area contributed by atoms with Crippen molar-refractivity contribution in [2.45, 2.75) is 12.8 Å². The molecular formula is C21H19N3O3S. The van der Waals surface area contributed by atoms with Gasteiger partial charge in [0.25, 0.3) is 0 Å². The number of thiazole rings is 1. The molecule has 1 fully saturated rings. The van der Waals surface area contributed by atoms with Gasteiger partial charge in [0.2, 0.25) is 5.91 Å². The second-order valence-electron chi connectivity index (χ2n) is 6.44. The summed E-state index contributed by atoms with van der Waals surface area (Å²) in [6.07, 6.45) is 0.611. The third-order valence-electron chi connectivity index (χ3n) is 4.34. The summed E-state index contributed by atoms with van der Waals surface area (Å²) in [6, 6.07) is 17.3. The van der Waals surface area contributed by atoms with Crippen LogP contribution in [0.2, 0.25) is 0 Å². The largest absolute Gasteiger partial charge is 0.447 e. The van der Waals surface area contributed by atoms with Crippen molar-refractivity contribution in [1.29, 1.82) is 0 Å². The van der Waals surface area contributed by atoms with Crippen LogP contribution in [0.25, 0.3) is 0 Å². The summed E-state index contributed by atoms with van der Waals surface area (Å²) in [5.41, 5.74) is 3.30. The topological polar surface area (TPSA) is 71.5 Å². The molecule has 1 saturated heterocycles. The molecule has 7 heteroatoms. The minimum Gasteiger partial charge on any atom is -0.447 e. The van der Waals surface area contributed by atoms with Crippen molar-refractivity contribution in [3.8, 4) is 0 Å². The van der Waals surface area contributed by atoms with E-state index in [0.717, 1.165) is 17.1 Å². The molecule has 0 saturated carbocycles. The van der Waals surface area contributed by atoms with Crippen molar-refractivity contribution < 1.29 is 14.3 Å². The van der Waals surface area contributed by atoms with Crippen LogP contribution in [0.1, 0.15) is 16.3 Å². The van der Waals surface area contributed by atoms with E-state index in [-0.39, 0.29) is 18.4 Å². The molecule has 0 bridgehead atoms. The van der Waals surface area contributed by atoms with Gasteiger partial charge in [0, 0.05) is 23.2 Å². The minimum atomic E-state index is -0.364. The summed E-state index contributed by atoms with van der Waals surface area (Å²) in [5.74, 6) is -0.141. The first-order valence-corrected chi connectivity index (χ1v) is 9.87. The van der Waals surface area contributed by atoms with Gasteiger partial charge in [-0.15, -0.1) is 11.3 Å². The van der Waals surface area contributed by atoms with Crippen LogP contribution in [0.4, 0.5) is 16.2 Å². The molecule has 0 spiro atoms. The molecule has 0 aliphatic carbocycles. The molecule has 2 amide bonds. The number of hydrogen-bond acceptors (Lipinski definition) is 5. The first kappa shape index (κ1) is 18.2. The van der Waals surface area contributed by atoms with E-state index < -0.39 is 0 Å². The van der Waals surface area contributed by atoms with Crippen LogP contribution in [0.15, 0.2) is 60.0 Å². The standard InChI is InChI=1S/C21H19N3O3S/c25-19(13-17-14-28-20(23-17)11-15-5-2-1-3-6-15)22-16-7-4-8-18(12-16)24-9-10-27-21(24)26/h1-8,12,14H,9-11,13H2,(H,22,25). The summed E-state index contributed by atoms with van der Waals surface area (Å²) >= 11 is 1.56. The van der Waals surface area contributed by atoms with Crippen LogP contribution in [-0.4, -0.2) is 30.1 Å². The molecular weight excluding hydrogens is 374 g/mol. The maximum Gasteiger partial charge on any atom is 0.414 e. The number of cyclic esters (lactones) is 1. The minimum absolute atomic E-state index is 0.141. The smallest absolute Gasteiger partial charge is 0.414 e. The Bertz CT molecular complexity index is 987. The summed E-state index contributed by atoms with van der Waals surface area (Å²) < 4.78 is 4.96. The van der Waals surface area contributed by atoms with E-state index in [1.54, 1.807) is 34.4 Å². The van der Waals surface area contributed by atoms with Crippen LogP contribution in [0.3, 0.4) is 0 Å². The van der Waals surface area contributed by atoms with Crippen LogP contribution in [-0.2, 0) is 22.4 Å². The fourth-order valence-electron chi connectivity index (χ4n) is 3.03. The number of anilines is 2. The summed E-state index contributed by atoms with van der Waals surface area (Å²) in [4.78, 5) is 30.2. The number of carbonyl (C=O) groups excluding carboxylic acids is 2. The molecule has 0 radical (unpaired) electrons. The van der Waals surface area contributed by atoms with Gasteiger partial charge >= 0.3 is 6.09 Å². The first-order chi connectivity index (χ1) is 13.7. The number of benzene rings is 2. The molecule has 0 unspecified atom stereocenters. The maximum atomic E-state index is 12.4. The van der Waals surface area contributed by atoms with E-state index in [0.29, 0.717) is 24.5 Å². The van der Waals surface area contributed by atoms with Gasteiger partial charge in [-0.05, 0) is 23.8 Å². The highest BCUT2D eigenvalue weighted by atomic mass is 32.1. The molecule has 6 nitrogen and oxygen atoms in total. The third-order valence-corrected chi connectivity index (χ3v) is 5.24. The van der Waals surface area contributed by atoms with Gasteiger partial charge in [0.05, 0.1) is 23.7 Å². The Kier molecular flexibility index (Phi) is 5.34. The predicted molar refractivity (Wildman–Crippen MR) is 109 cm³/mol. The molecule has 3 aromatic rings. The average Bonchev–Trinajstić information content (AvgIpc) is 3.31. The Morgan fingerprint density at radius 2 is 2.04 bits per heavy atom. The number of nitrogens with zero attached hydrogens (tertiary/aromatic N) is 2. The number of hydrogen-bond donors (Lipinski definition) is 1. The zero-order chi connectivity index (χ0) is 19.3. The van der Waals surface area contributed by atoms with Crippen molar-refractivity contribution in [3.05, 3.63) is 76.2 Å². The highest BCUT2D eigenvalue weighted by Crippen LogP contribution is 2.23. The molecule has 2 heterocycles. The van der Waals surface area contributed by atoms with Crippen molar-refractivity contribution in [2.24, 2.45) is 0 Å². The molecule has 1 N–H and O–H groups in total. The summed E-state index contributed by atoms with van der Waals surface area (Å²) in [7, 11) is 0. The van der Waals surface area contributed by atoms with E-state index in [1.807, 2.05) is 29.6 Å².